The van der Waals surface area contributed by atoms with Gasteiger partial charge < -0.3 is 15.3 Å². The second kappa shape index (κ2) is 7.69. The smallest absolute Gasteiger partial charge is 0.326 e. The summed E-state index contributed by atoms with van der Waals surface area (Å²) in [6.45, 7) is 0.423. The Labute approximate surface area is 168 Å². The van der Waals surface area contributed by atoms with Crippen LogP contribution in [0.25, 0.3) is 0 Å². The molecule has 2 fully saturated rings. The van der Waals surface area contributed by atoms with Crippen molar-refractivity contribution in [2.24, 2.45) is 7.05 Å². The number of nitrogens with one attached hydrogen (secondary N) is 1. The quantitative estimate of drug-likeness (QED) is 0.808. The number of carboxylic acid groups (broad SMARTS) is 1. The zero-order valence-corrected chi connectivity index (χ0v) is 16.3. The predicted molar refractivity (Wildman–Crippen MR) is 106 cm³/mol. The molecule has 29 heavy (non-hydrogen) atoms. The number of aliphatic carboxylic acids is 1. The summed E-state index contributed by atoms with van der Waals surface area (Å²) >= 11 is 0. The number of likely N-dealkylation sites (tertiary alicyclic amines) is 1. The summed E-state index contributed by atoms with van der Waals surface area (Å²) in [6.07, 6.45) is 5.74. The van der Waals surface area contributed by atoms with E-state index in [1.807, 2.05) is 7.05 Å². The van der Waals surface area contributed by atoms with Gasteiger partial charge in [-0.05, 0) is 50.3 Å². The largest absolute Gasteiger partial charge is 0.480 e. The van der Waals surface area contributed by atoms with E-state index < -0.39 is 12.0 Å². The number of hydrogen-bond acceptors (Lipinski definition) is 4. The number of piperidine rings is 1. The number of carbonyl (C=O) groups excluding carboxylic acids is 2. The van der Waals surface area contributed by atoms with Crippen molar-refractivity contribution in [3.63, 3.8) is 0 Å². The second-order valence-electron chi connectivity index (χ2n) is 7.72. The molecule has 2 aliphatic rings. The number of amides is 2. The standard InChI is InChI=1S/C21H24N4O4/c1-24-18(13-8-9-13)16(12-22-24)19(26)23-15-6-4-5-14(11-15)20(27)25-10-3-2-7-17(25)21(28)29/h4-6,11-13,17H,2-3,7-10H2,1H3,(H,23,26)(H,28,29). The first kappa shape index (κ1) is 19.2. The minimum absolute atomic E-state index is 0.258. The third-order valence-corrected chi connectivity index (χ3v) is 5.61. The van der Waals surface area contributed by atoms with Gasteiger partial charge in [-0.25, -0.2) is 4.79 Å². The van der Waals surface area contributed by atoms with E-state index in [1.54, 1.807) is 35.1 Å². The lowest BCUT2D eigenvalue weighted by Gasteiger charge is -2.33. The van der Waals surface area contributed by atoms with Crippen LogP contribution in [0.2, 0.25) is 0 Å². The highest BCUT2D eigenvalue weighted by atomic mass is 16.4. The highest BCUT2D eigenvalue weighted by Crippen LogP contribution is 2.41. The van der Waals surface area contributed by atoms with Crippen LogP contribution in [0.4, 0.5) is 5.69 Å². The molecule has 152 valence electrons. The van der Waals surface area contributed by atoms with Gasteiger partial charge in [0.1, 0.15) is 6.04 Å². The molecule has 2 N–H and O–H groups in total. The second-order valence-corrected chi connectivity index (χ2v) is 7.72. The molecule has 1 saturated carbocycles. The number of benzene rings is 1. The maximum atomic E-state index is 12.9. The van der Waals surface area contributed by atoms with Gasteiger partial charge in [0.25, 0.3) is 11.8 Å². The molecule has 1 saturated heterocycles. The molecule has 4 rings (SSSR count). The Kier molecular flexibility index (Phi) is 5.08. The SMILES string of the molecule is Cn1ncc(C(=O)Nc2cccc(C(=O)N3CCCCC3C(=O)O)c2)c1C1CC1. The molecule has 8 heteroatoms. The van der Waals surface area contributed by atoms with Crippen LogP contribution >= 0.6 is 0 Å². The highest BCUT2D eigenvalue weighted by Gasteiger charge is 2.33. The van der Waals surface area contributed by atoms with Crippen LogP contribution in [0, 0.1) is 0 Å². The number of aromatic nitrogens is 2. The average molecular weight is 396 g/mol. The lowest BCUT2D eigenvalue weighted by Crippen LogP contribution is -2.48. The summed E-state index contributed by atoms with van der Waals surface area (Å²) < 4.78 is 1.74. The number of hydrogen-bond donors (Lipinski definition) is 2. The van der Waals surface area contributed by atoms with Gasteiger partial charge in [-0.2, -0.15) is 5.10 Å². The Morgan fingerprint density at radius 2 is 1.97 bits per heavy atom. The molecular formula is C21H24N4O4. The highest BCUT2D eigenvalue weighted by molar-refractivity contribution is 6.06. The molecule has 1 atom stereocenters. The predicted octanol–water partition coefficient (Wildman–Crippen LogP) is 2.63. The van der Waals surface area contributed by atoms with Crippen LogP contribution < -0.4 is 5.32 Å². The molecule has 0 spiro atoms. The van der Waals surface area contributed by atoms with Gasteiger partial charge in [0, 0.05) is 30.8 Å². The number of rotatable bonds is 5. The van der Waals surface area contributed by atoms with Crippen molar-refractivity contribution in [1.29, 1.82) is 0 Å². The number of carbonyl (C=O) groups is 3. The molecule has 1 aromatic heterocycles. The normalized spacial score (nSPS) is 19.1. The minimum Gasteiger partial charge on any atom is -0.480 e. The van der Waals surface area contributed by atoms with Gasteiger partial charge in [0.15, 0.2) is 0 Å². The monoisotopic (exact) mass is 396 g/mol. The number of carboxylic acids is 1. The van der Waals surface area contributed by atoms with Crippen molar-refractivity contribution in [2.75, 3.05) is 11.9 Å². The Morgan fingerprint density at radius 3 is 2.69 bits per heavy atom. The fourth-order valence-corrected chi connectivity index (χ4v) is 3.99. The van der Waals surface area contributed by atoms with Crippen molar-refractivity contribution >= 4 is 23.5 Å². The molecule has 1 aliphatic heterocycles. The molecule has 1 unspecified atom stereocenters. The fraction of sp³-hybridized carbons (Fsp3) is 0.429. The van der Waals surface area contributed by atoms with Crippen LogP contribution in [-0.2, 0) is 11.8 Å². The fourth-order valence-electron chi connectivity index (χ4n) is 3.99. The molecule has 2 amide bonds. The lowest BCUT2D eigenvalue weighted by atomic mass is 10.0. The van der Waals surface area contributed by atoms with Gasteiger partial charge in [0.05, 0.1) is 17.5 Å². The zero-order chi connectivity index (χ0) is 20.5. The zero-order valence-electron chi connectivity index (χ0n) is 16.3. The van der Waals surface area contributed by atoms with Crippen LogP contribution in [0.1, 0.15) is 64.4 Å². The first-order chi connectivity index (χ1) is 14.0. The summed E-state index contributed by atoms with van der Waals surface area (Å²) in [6, 6.07) is 5.85. The van der Waals surface area contributed by atoms with Crippen LogP contribution in [0.3, 0.4) is 0 Å². The molecule has 2 heterocycles. The van der Waals surface area contributed by atoms with Gasteiger partial charge >= 0.3 is 5.97 Å². The van der Waals surface area contributed by atoms with E-state index in [0.717, 1.165) is 31.4 Å². The third-order valence-electron chi connectivity index (χ3n) is 5.61. The molecule has 0 radical (unpaired) electrons. The van der Waals surface area contributed by atoms with Crippen molar-refractivity contribution in [1.82, 2.24) is 14.7 Å². The van der Waals surface area contributed by atoms with Crippen LogP contribution in [0.5, 0.6) is 0 Å². The van der Waals surface area contributed by atoms with Crippen molar-refractivity contribution in [3.05, 3.63) is 47.3 Å². The van der Waals surface area contributed by atoms with Crippen molar-refractivity contribution < 1.29 is 19.5 Å². The van der Waals surface area contributed by atoms with Gasteiger partial charge in [-0.3, -0.25) is 14.3 Å². The third kappa shape index (κ3) is 3.87. The lowest BCUT2D eigenvalue weighted by molar-refractivity contribution is -0.143. The van der Waals surface area contributed by atoms with Gasteiger partial charge in [0.2, 0.25) is 0 Å². The first-order valence-corrected chi connectivity index (χ1v) is 9.93. The number of nitrogens with zero attached hydrogens (tertiary/aromatic N) is 3. The van der Waals surface area contributed by atoms with Gasteiger partial charge in [-0.1, -0.05) is 6.07 Å². The molecule has 0 bridgehead atoms. The Balaban J connectivity index is 1.52. The summed E-state index contributed by atoms with van der Waals surface area (Å²) in [5, 5.41) is 16.5. The maximum absolute atomic E-state index is 12.9. The average Bonchev–Trinajstić information content (AvgIpc) is 3.48. The molecule has 2 aromatic rings. The van der Waals surface area contributed by atoms with Crippen molar-refractivity contribution in [2.45, 2.75) is 44.1 Å². The van der Waals surface area contributed by atoms with E-state index in [1.165, 1.54) is 4.90 Å². The van der Waals surface area contributed by atoms with Crippen molar-refractivity contribution in [3.8, 4) is 0 Å². The number of anilines is 1. The summed E-state index contributed by atoms with van der Waals surface area (Å²) in [5.74, 6) is -1.19. The van der Waals surface area contributed by atoms with E-state index >= 15 is 0 Å². The topological polar surface area (TPSA) is 105 Å². The van der Waals surface area contributed by atoms with Crippen LogP contribution in [0.15, 0.2) is 30.5 Å². The van der Waals surface area contributed by atoms with E-state index in [4.69, 9.17) is 0 Å². The van der Waals surface area contributed by atoms with Gasteiger partial charge in [-0.15, -0.1) is 0 Å². The summed E-state index contributed by atoms with van der Waals surface area (Å²) in [5.41, 5.74) is 2.35. The molecular weight excluding hydrogens is 372 g/mol. The molecule has 1 aromatic carbocycles. The Hall–Kier alpha value is -3.16. The first-order valence-electron chi connectivity index (χ1n) is 9.93. The van der Waals surface area contributed by atoms with E-state index in [-0.39, 0.29) is 11.8 Å². The number of aryl methyl sites for hydroxylation is 1. The van der Waals surface area contributed by atoms with E-state index in [2.05, 4.69) is 10.4 Å². The van der Waals surface area contributed by atoms with E-state index in [9.17, 15) is 19.5 Å². The minimum atomic E-state index is -0.980. The summed E-state index contributed by atoms with van der Waals surface area (Å²) in [7, 11) is 1.83. The maximum Gasteiger partial charge on any atom is 0.326 e. The molecule has 8 nitrogen and oxygen atoms in total. The van der Waals surface area contributed by atoms with Crippen LogP contribution in [-0.4, -0.2) is 50.2 Å². The Bertz CT molecular complexity index is 963. The molecule has 1 aliphatic carbocycles. The van der Waals surface area contributed by atoms with E-state index in [0.29, 0.717) is 35.7 Å². The summed E-state index contributed by atoms with van der Waals surface area (Å²) in [4.78, 5) is 38.6. The Morgan fingerprint density at radius 1 is 1.17 bits per heavy atom.